The molecule has 0 amide bonds. The van der Waals surface area contributed by atoms with Crippen LogP contribution >= 0.6 is 0 Å². The molecule has 0 bridgehead atoms. The Morgan fingerprint density at radius 3 is 1.89 bits per heavy atom. The van der Waals surface area contributed by atoms with Crippen LogP contribution in [-0.4, -0.2) is 19.0 Å². The van der Waals surface area contributed by atoms with Crippen LogP contribution in [0, 0.1) is 0 Å². The van der Waals surface area contributed by atoms with Crippen LogP contribution in [0.5, 0.6) is 0 Å². The first-order valence-electron chi connectivity index (χ1n) is 3.69. The summed E-state index contributed by atoms with van der Waals surface area (Å²) in [4.78, 5) is 0. The fourth-order valence-electron chi connectivity index (χ4n) is 1.15. The van der Waals surface area contributed by atoms with Crippen molar-refractivity contribution in [2.75, 3.05) is 13.2 Å². The molecule has 9 heavy (non-hydrogen) atoms. The highest BCUT2D eigenvalue weighted by Crippen LogP contribution is 2.41. The Morgan fingerprint density at radius 2 is 1.44 bits per heavy atom. The molecule has 0 N–H and O–H groups in total. The molecule has 0 unspecified atom stereocenters. The largest absolute Gasteiger partial charge is 0.350 e. The van der Waals surface area contributed by atoms with Gasteiger partial charge in [0.2, 0.25) is 0 Å². The average molecular weight is 128 g/mol. The fraction of sp³-hybridized carbons (Fsp3) is 1.00. The van der Waals surface area contributed by atoms with E-state index in [2.05, 4.69) is 0 Å². The number of rotatable bonds is 0. The van der Waals surface area contributed by atoms with Gasteiger partial charge in [-0.05, 0) is 12.8 Å². The lowest BCUT2D eigenvalue weighted by Crippen LogP contribution is -2.16. The molecule has 1 saturated carbocycles. The molecule has 52 valence electrons. The number of hydrogen-bond acceptors (Lipinski definition) is 2. The van der Waals surface area contributed by atoms with E-state index in [1.165, 1.54) is 12.8 Å². The molecule has 2 heteroatoms. The van der Waals surface area contributed by atoms with Crippen LogP contribution in [0.2, 0.25) is 0 Å². The highest BCUT2D eigenvalue weighted by atomic mass is 16.7. The average Bonchev–Trinajstić information content (AvgIpc) is 2.64. The maximum Gasteiger partial charge on any atom is 0.168 e. The van der Waals surface area contributed by atoms with Gasteiger partial charge >= 0.3 is 0 Å². The molecule has 1 heterocycles. The van der Waals surface area contributed by atoms with Crippen molar-refractivity contribution >= 4 is 0 Å². The van der Waals surface area contributed by atoms with Gasteiger partial charge < -0.3 is 9.47 Å². The molecule has 2 rings (SSSR count). The van der Waals surface area contributed by atoms with Crippen molar-refractivity contribution < 1.29 is 9.47 Å². The van der Waals surface area contributed by atoms with E-state index < -0.39 is 0 Å². The Balaban J connectivity index is 1.92. The highest BCUT2D eigenvalue weighted by molar-refractivity contribution is 4.86. The molecule has 0 aromatic heterocycles. The van der Waals surface area contributed by atoms with Crippen molar-refractivity contribution in [3.05, 3.63) is 0 Å². The molecule has 2 nitrogen and oxygen atoms in total. The lowest BCUT2D eigenvalue weighted by molar-refractivity contribution is -0.150. The second-order valence-corrected chi connectivity index (χ2v) is 2.81. The van der Waals surface area contributed by atoms with Crippen LogP contribution in [0.3, 0.4) is 0 Å². The Hall–Kier alpha value is -0.0800. The second-order valence-electron chi connectivity index (χ2n) is 2.81. The maximum atomic E-state index is 5.48. The molecule has 2 aliphatic rings. The minimum absolute atomic E-state index is 0.0868. The Labute approximate surface area is 55.1 Å². The van der Waals surface area contributed by atoms with Gasteiger partial charge in [0.25, 0.3) is 0 Å². The summed E-state index contributed by atoms with van der Waals surface area (Å²) in [5.74, 6) is -0.0868. The van der Waals surface area contributed by atoms with Gasteiger partial charge in [-0.15, -0.1) is 0 Å². The first-order valence-corrected chi connectivity index (χ1v) is 3.69. The predicted octanol–water partition coefficient (Wildman–Crippen LogP) is 1.30. The quantitative estimate of drug-likeness (QED) is 0.489. The van der Waals surface area contributed by atoms with Crippen molar-refractivity contribution in [1.82, 2.24) is 0 Å². The molecular formula is C7H12O2. The van der Waals surface area contributed by atoms with E-state index in [-0.39, 0.29) is 5.79 Å². The summed E-state index contributed by atoms with van der Waals surface area (Å²) in [7, 11) is 0. The minimum atomic E-state index is -0.0868. The van der Waals surface area contributed by atoms with E-state index >= 15 is 0 Å². The third-order valence-electron chi connectivity index (χ3n) is 1.93. The van der Waals surface area contributed by atoms with Gasteiger partial charge in [-0.25, -0.2) is 0 Å². The Kier molecular flexibility index (Phi) is 1.24. The Morgan fingerprint density at radius 1 is 0.889 bits per heavy atom. The molecular weight excluding hydrogens is 116 g/mol. The van der Waals surface area contributed by atoms with Crippen molar-refractivity contribution in [2.24, 2.45) is 0 Å². The van der Waals surface area contributed by atoms with Crippen LogP contribution in [0.4, 0.5) is 0 Å². The van der Waals surface area contributed by atoms with Crippen LogP contribution in [0.1, 0.15) is 25.7 Å². The Bertz CT molecular complexity index is 97.5. The van der Waals surface area contributed by atoms with Gasteiger partial charge in [0, 0.05) is 12.8 Å². The van der Waals surface area contributed by atoms with Crippen molar-refractivity contribution in [3.8, 4) is 0 Å². The standard InChI is InChI=1S/C7H12O2/c1-2-6-9-7(3-4-7)8-5-1/h1-6H2. The first-order chi connectivity index (χ1) is 4.41. The predicted molar refractivity (Wildman–Crippen MR) is 33.1 cm³/mol. The van der Waals surface area contributed by atoms with E-state index in [9.17, 15) is 0 Å². The molecule has 0 aromatic carbocycles. The van der Waals surface area contributed by atoms with E-state index in [0.29, 0.717) is 0 Å². The van der Waals surface area contributed by atoms with Gasteiger partial charge in [0.1, 0.15) is 0 Å². The van der Waals surface area contributed by atoms with Gasteiger partial charge in [0.05, 0.1) is 13.2 Å². The van der Waals surface area contributed by atoms with Crippen molar-refractivity contribution in [1.29, 1.82) is 0 Å². The minimum Gasteiger partial charge on any atom is -0.350 e. The summed E-state index contributed by atoms with van der Waals surface area (Å²) in [5, 5.41) is 0. The number of ether oxygens (including phenoxy) is 2. The first kappa shape index (κ1) is 5.69. The highest BCUT2D eigenvalue weighted by Gasteiger charge is 2.46. The topological polar surface area (TPSA) is 18.5 Å². The zero-order valence-corrected chi connectivity index (χ0v) is 5.56. The summed E-state index contributed by atoms with van der Waals surface area (Å²) in [6.45, 7) is 1.81. The van der Waals surface area contributed by atoms with E-state index in [4.69, 9.17) is 9.47 Å². The summed E-state index contributed by atoms with van der Waals surface area (Å²) in [6, 6.07) is 0. The van der Waals surface area contributed by atoms with Crippen LogP contribution < -0.4 is 0 Å². The molecule has 0 atom stereocenters. The van der Waals surface area contributed by atoms with Gasteiger partial charge in [-0.3, -0.25) is 0 Å². The van der Waals surface area contributed by atoms with Gasteiger partial charge in [-0.1, -0.05) is 0 Å². The van der Waals surface area contributed by atoms with E-state index in [1.54, 1.807) is 0 Å². The van der Waals surface area contributed by atoms with Crippen LogP contribution in [0.25, 0.3) is 0 Å². The van der Waals surface area contributed by atoms with Gasteiger partial charge in [-0.2, -0.15) is 0 Å². The van der Waals surface area contributed by atoms with E-state index in [0.717, 1.165) is 26.1 Å². The molecule has 1 aliphatic carbocycles. The summed E-state index contributed by atoms with van der Waals surface area (Å²) in [6.07, 6.45) is 4.57. The lowest BCUT2D eigenvalue weighted by atomic mass is 10.3. The monoisotopic (exact) mass is 128 g/mol. The van der Waals surface area contributed by atoms with Gasteiger partial charge in [0.15, 0.2) is 5.79 Å². The van der Waals surface area contributed by atoms with Crippen molar-refractivity contribution in [2.45, 2.75) is 31.5 Å². The third kappa shape index (κ3) is 1.10. The lowest BCUT2D eigenvalue weighted by Gasteiger charge is -2.11. The third-order valence-corrected chi connectivity index (χ3v) is 1.93. The molecule has 0 aromatic rings. The molecule has 1 aliphatic heterocycles. The zero-order valence-electron chi connectivity index (χ0n) is 5.56. The summed E-state index contributed by atoms with van der Waals surface area (Å²) in [5.41, 5.74) is 0. The number of hydrogen-bond donors (Lipinski definition) is 0. The maximum absolute atomic E-state index is 5.48. The van der Waals surface area contributed by atoms with E-state index in [1.807, 2.05) is 0 Å². The SMILES string of the molecule is C1CCOC2(CC2)OC1. The molecule has 1 spiro atoms. The smallest absolute Gasteiger partial charge is 0.168 e. The van der Waals surface area contributed by atoms with Crippen LogP contribution in [-0.2, 0) is 9.47 Å². The molecule has 2 fully saturated rings. The normalized spacial score (nSPS) is 32.0. The van der Waals surface area contributed by atoms with Crippen molar-refractivity contribution in [3.63, 3.8) is 0 Å². The fourth-order valence-corrected chi connectivity index (χ4v) is 1.15. The molecule has 0 radical (unpaired) electrons. The van der Waals surface area contributed by atoms with Crippen LogP contribution in [0.15, 0.2) is 0 Å². The second kappa shape index (κ2) is 1.96. The zero-order chi connectivity index (χ0) is 6.16. The summed E-state index contributed by atoms with van der Waals surface area (Å²) < 4.78 is 11.0. The summed E-state index contributed by atoms with van der Waals surface area (Å²) >= 11 is 0. The molecule has 1 saturated heterocycles.